The molecule has 2 saturated carbocycles. The molecular weight excluding hydrogens is 434 g/mol. The molecular formula is C28H36F2N2O2. The van der Waals surface area contributed by atoms with E-state index in [-0.39, 0.29) is 29.8 Å². The number of hydrogen-bond donors (Lipinski definition) is 3. The largest absolute Gasteiger partial charge is 0.390 e. The third-order valence-corrected chi connectivity index (χ3v) is 7.70. The molecule has 6 heteroatoms. The van der Waals surface area contributed by atoms with Crippen LogP contribution in [0, 0.1) is 11.6 Å². The van der Waals surface area contributed by atoms with Gasteiger partial charge in [-0.15, -0.1) is 0 Å². The Balaban J connectivity index is 1.52. The second-order valence-corrected chi connectivity index (χ2v) is 10.5. The minimum absolute atomic E-state index is 0.137. The lowest BCUT2D eigenvalue weighted by molar-refractivity contribution is -0.120. The van der Waals surface area contributed by atoms with Crippen LogP contribution < -0.4 is 10.6 Å². The molecule has 184 valence electrons. The molecule has 4 rings (SSSR count). The van der Waals surface area contributed by atoms with Crippen molar-refractivity contribution in [3.63, 3.8) is 0 Å². The van der Waals surface area contributed by atoms with Crippen LogP contribution in [0.15, 0.2) is 42.5 Å². The highest BCUT2D eigenvalue weighted by atomic mass is 19.1. The van der Waals surface area contributed by atoms with Crippen LogP contribution in [-0.2, 0) is 22.2 Å². The van der Waals surface area contributed by atoms with Crippen molar-refractivity contribution >= 4 is 5.91 Å². The van der Waals surface area contributed by atoms with Gasteiger partial charge in [-0.25, -0.2) is 8.78 Å². The molecule has 0 aromatic heterocycles. The number of carbonyl (C=O) groups is 1. The normalized spacial score (nSPS) is 20.4. The third-order valence-electron chi connectivity index (χ3n) is 7.70. The first-order valence-corrected chi connectivity index (χ1v) is 12.5. The van der Waals surface area contributed by atoms with Crippen LogP contribution in [0.4, 0.5) is 8.78 Å². The summed E-state index contributed by atoms with van der Waals surface area (Å²) >= 11 is 0. The van der Waals surface area contributed by atoms with Gasteiger partial charge < -0.3 is 15.7 Å². The Morgan fingerprint density at radius 3 is 2.26 bits per heavy atom. The minimum atomic E-state index is -0.918. The van der Waals surface area contributed by atoms with E-state index in [0.717, 1.165) is 31.7 Å². The predicted octanol–water partition coefficient (Wildman–Crippen LogP) is 4.87. The maximum atomic E-state index is 13.7. The fraction of sp³-hybridized carbons (Fsp3) is 0.536. The summed E-state index contributed by atoms with van der Waals surface area (Å²) in [6.07, 6.45) is 7.05. The molecule has 4 nitrogen and oxygen atoms in total. The first-order valence-electron chi connectivity index (χ1n) is 12.5. The predicted molar refractivity (Wildman–Crippen MR) is 129 cm³/mol. The van der Waals surface area contributed by atoms with Gasteiger partial charge in [0.15, 0.2) is 0 Å². The maximum absolute atomic E-state index is 13.7. The average molecular weight is 471 g/mol. The summed E-state index contributed by atoms with van der Waals surface area (Å²) in [5, 5.41) is 17.5. The summed E-state index contributed by atoms with van der Waals surface area (Å²) in [6, 6.07) is 11.5. The van der Waals surface area contributed by atoms with Crippen molar-refractivity contribution in [2.45, 2.75) is 88.3 Å². The number of aliphatic hydroxyl groups is 1. The Kier molecular flexibility index (Phi) is 7.39. The number of aliphatic hydroxyl groups excluding tert-OH is 1. The molecule has 0 heterocycles. The second kappa shape index (κ2) is 10.1. The van der Waals surface area contributed by atoms with E-state index in [1.165, 1.54) is 49.4 Å². The molecule has 2 aromatic carbocycles. The number of amides is 1. The van der Waals surface area contributed by atoms with E-state index in [0.29, 0.717) is 5.56 Å². The molecule has 2 aliphatic rings. The van der Waals surface area contributed by atoms with Crippen LogP contribution >= 0.6 is 0 Å². The summed E-state index contributed by atoms with van der Waals surface area (Å²) in [5.74, 6) is -1.64. The summed E-state index contributed by atoms with van der Waals surface area (Å²) in [4.78, 5) is 11.8. The highest BCUT2D eigenvalue weighted by Crippen LogP contribution is 2.48. The number of halogens is 2. The molecule has 0 bridgehead atoms. The number of carbonyl (C=O) groups excluding carboxylic acids is 1. The fourth-order valence-corrected chi connectivity index (χ4v) is 5.36. The van der Waals surface area contributed by atoms with Crippen LogP contribution in [0.1, 0.15) is 75.5 Å². The van der Waals surface area contributed by atoms with Gasteiger partial charge in [0.2, 0.25) is 5.91 Å². The van der Waals surface area contributed by atoms with Crippen molar-refractivity contribution in [3.05, 3.63) is 70.8 Å². The lowest BCUT2D eigenvalue weighted by Gasteiger charge is -2.40. The molecule has 2 unspecified atom stereocenters. The SMILES string of the molecule is CC(=O)NC(Cc1cc(F)cc(F)c1)C(O)CNC1(c2cccc(C3(C)CC3)c2)CCCCC1. The lowest BCUT2D eigenvalue weighted by Crippen LogP contribution is -2.53. The van der Waals surface area contributed by atoms with Crippen molar-refractivity contribution in [2.24, 2.45) is 0 Å². The summed E-state index contributed by atoms with van der Waals surface area (Å²) in [7, 11) is 0. The fourth-order valence-electron chi connectivity index (χ4n) is 5.36. The molecule has 2 aliphatic carbocycles. The molecule has 0 spiro atoms. The van der Waals surface area contributed by atoms with Crippen molar-refractivity contribution in [1.29, 1.82) is 0 Å². The van der Waals surface area contributed by atoms with Gasteiger partial charge in [0.1, 0.15) is 11.6 Å². The summed E-state index contributed by atoms with van der Waals surface area (Å²) in [6.45, 7) is 3.96. The van der Waals surface area contributed by atoms with Gasteiger partial charge in [0.05, 0.1) is 12.1 Å². The van der Waals surface area contributed by atoms with Crippen molar-refractivity contribution in [1.82, 2.24) is 10.6 Å². The van der Waals surface area contributed by atoms with E-state index < -0.39 is 23.8 Å². The molecule has 0 aliphatic heterocycles. The van der Waals surface area contributed by atoms with Gasteiger partial charge in [0.25, 0.3) is 0 Å². The smallest absolute Gasteiger partial charge is 0.217 e. The summed E-state index contributed by atoms with van der Waals surface area (Å²) in [5.41, 5.74) is 3.08. The number of hydrogen-bond acceptors (Lipinski definition) is 3. The van der Waals surface area contributed by atoms with Crippen molar-refractivity contribution in [2.75, 3.05) is 6.54 Å². The third kappa shape index (κ3) is 5.84. The topological polar surface area (TPSA) is 61.4 Å². The molecule has 1 amide bonds. The Hall–Kier alpha value is -2.31. The average Bonchev–Trinajstić information content (AvgIpc) is 3.55. The molecule has 2 fully saturated rings. The number of rotatable bonds is 9. The first-order chi connectivity index (χ1) is 16.2. The van der Waals surface area contributed by atoms with E-state index in [4.69, 9.17) is 0 Å². The Labute approximate surface area is 201 Å². The molecule has 0 saturated heterocycles. The zero-order valence-electron chi connectivity index (χ0n) is 20.2. The molecule has 3 N–H and O–H groups in total. The first kappa shape index (κ1) is 24.8. The second-order valence-electron chi connectivity index (χ2n) is 10.5. The van der Waals surface area contributed by atoms with Crippen LogP contribution in [0.25, 0.3) is 0 Å². The monoisotopic (exact) mass is 470 g/mol. The molecule has 2 aromatic rings. The number of benzene rings is 2. The van der Waals surface area contributed by atoms with Crippen LogP contribution in [0.3, 0.4) is 0 Å². The van der Waals surface area contributed by atoms with Gasteiger partial charge >= 0.3 is 0 Å². The number of nitrogens with one attached hydrogen (secondary N) is 2. The van der Waals surface area contributed by atoms with Crippen molar-refractivity contribution < 1.29 is 18.7 Å². The molecule has 2 atom stereocenters. The molecule has 0 radical (unpaired) electrons. The maximum Gasteiger partial charge on any atom is 0.217 e. The summed E-state index contributed by atoms with van der Waals surface area (Å²) < 4.78 is 27.4. The Morgan fingerprint density at radius 2 is 1.65 bits per heavy atom. The van der Waals surface area contributed by atoms with Crippen LogP contribution in [-0.4, -0.2) is 29.7 Å². The van der Waals surface area contributed by atoms with Gasteiger partial charge in [-0.1, -0.05) is 50.5 Å². The van der Waals surface area contributed by atoms with Crippen LogP contribution in [0.2, 0.25) is 0 Å². The van der Waals surface area contributed by atoms with Gasteiger partial charge in [-0.05, 0) is 66.3 Å². The zero-order chi connectivity index (χ0) is 24.3. The van der Waals surface area contributed by atoms with Gasteiger partial charge in [-0.3, -0.25) is 4.79 Å². The lowest BCUT2D eigenvalue weighted by atomic mass is 9.75. The standard InChI is InChI=1S/C28H36F2N2O2/c1-19(33)32-25(15-20-13-23(29)17-24(30)14-20)26(34)18-31-28(9-4-3-5-10-28)22-8-6-7-21(16-22)27(2)11-12-27/h6-8,13-14,16-17,25-26,31,34H,3-5,9-12,15,18H2,1-2H3,(H,32,33). The Morgan fingerprint density at radius 1 is 1.00 bits per heavy atom. The van der Waals surface area contributed by atoms with E-state index >= 15 is 0 Å². The Bertz CT molecular complexity index is 995. The van der Waals surface area contributed by atoms with Gasteiger partial charge in [-0.2, -0.15) is 0 Å². The van der Waals surface area contributed by atoms with Crippen molar-refractivity contribution in [3.8, 4) is 0 Å². The van der Waals surface area contributed by atoms with E-state index in [2.05, 4.69) is 41.8 Å². The quantitative estimate of drug-likeness (QED) is 0.490. The van der Waals surface area contributed by atoms with E-state index in [1.54, 1.807) is 0 Å². The molecule has 34 heavy (non-hydrogen) atoms. The van der Waals surface area contributed by atoms with Gasteiger partial charge in [0, 0.05) is 25.1 Å². The van der Waals surface area contributed by atoms with E-state index in [9.17, 15) is 18.7 Å². The van der Waals surface area contributed by atoms with E-state index in [1.807, 2.05) is 0 Å². The highest BCUT2D eigenvalue weighted by molar-refractivity contribution is 5.73. The van der Waals surface area contributed by atoms with Crippen LogP contribution in [0.5, 0.6) is 0 Å². The minimum Gasteiger partial charge on any atom is -0.390 e. The highest BCUT2D eigenvalue weighted by Gasteiger charge is 2.41. The zero-order valence-corrected chi connectivity index (χ0v) is 20.2.